The van der Waals surface area contributed by atoms with Crippen molar-refractivity contribution in [2.45, 2.75) is 37.1 Å². The highest BCUT2D eigenvalue weighted by atomic mass is 35.5. The molecule has 2 aliphatic heterocycles. The van der Waals surface area contributed by atoms with Gasteiger partial charge >= 0.3 is 6.03 Å². The van der Waals surface area contributed by atoms with E-state index in [9.17, 15) is 24.2 Å². The standard InChI is InChI=1S/C16H17ClFN3O5/c1-7-11(22)12(23)14(26-7)21-6-10(18)16(19,20-15(21)25)13(24)8-2-4-9(17)5-3-8/h2-7,11-12,14,22-23H,19H2,1H3,(H,20,25)/t7-,11-,12-,14-,16?/m1/s1. The molecule has 5 N–H and O–H groups in total. The number of carbonyl (C=O) groups is 2. The van der Waals surface area contributed by atoms with Gasteiger partial charge in [0.05, 0.1) is 6.10 Å². The van der Waals surface area contributed by atoms with Crippen molar-refractivity contribution in [3.8, 4) is 0 Å². The van der Waals surface area contributed by atoms with E-state index >= 15 is 0 Å². The number of Topliss-reactive ketones (excluding diaryl/α,β-unsaturated/α-hetero) is 1. The first kappa shape index (κ1) is 18.7. The number of aliphatic hydroxyl groups is 2. The second kappa shape index (κ2) is 6.60. The van der Waals surface area contributed by atoms with Gasteiger partial charge in [-0.2, -0.15) is 0 Å². The highest BCUT2D eigenvalue weighted by molar-refractivity contribution is 6.30. The lowest BCUT2D eigenvalue weighted by molar-refractivity contribution is -0.0525. The normalized spacial score (nSPS) is 34.5. The number of hydrogen-bond donors (Lipinski definition) is 4. The Labute approximate surface area is 153 Å². The smallest absolute Gasteiger partial charge is 0.325 e. The van der Waals surface area contributed by atoms with E-state index in [0.29, 0.717) is 16.1 Å². The summed E-state index contributed by atoms with van der Waals surface area (Å²) < 4.78 is 20.0. The van der Waals surface area contributed by atoms with Gasteiger partial charge in [-0.1, -0.05) is 11.6 Å². The van der Waals surface area contributed by atoms with Crippen LogP contribution in [0.15, 0.2) is 36.3 Å². The predicted octanol–water partition coefficient (Wildman–Crippen LogP) is 0.480. The summed E-state index contributed by atoms with van der Waals surface area (Å²) in [6, 6.07) is 4.62. The number of hydrogen-bond acceptors (Lipinski definition) is 6. The van der Waals surface area contributed by atoms with E-state index < -0.39 is 47.8 Å². The van der Waals surface area contributed by atoms with E-state index in [1.165, 1.54) is 31.2 Å². The Kier molecular flexibility index (Phi) is 4.76. The van der Waals surface area contributed by atoms with Crippen molar-refractivity contribution in [3.63, 3.8) is 0 Å². The summed E-state index contributed by atoms with van der Waals surface area (Å²) in [7, 11) is 0. The minimum Gasteiger partial charge on any atom is -0.388 e. The average Bonchev–Trinajstić information content (AvgIpc) is 2.85. The fourth-order valence-electron chi connectivity index (χ4n) is 2.82. The molecule has 5 atom stereocenters. The molecule has 1 aromatic rings. The monoisotopic (exact) mass is 385 g/mol. The van der Waals surface area contributed by atoms with Gasteiger partial charge in [0.2, 0.25) is 11.4 Å². The van der Waals surface area contributed by atoms with Crippen molar-refractivity contribution in [1.29, 1.82) is 0 Å². The molecular weight excluding hydrogens is 369 g/mol. The molecule has 1 saturated heterocycles. The molecule has 26 heavy (non-hydrogen) atoms. The lowest BCUT2D eigenvalue weighted by atomic mass is 9.96. The van der Waals surface area contributed by atoms with Gasteiger partial charge in [-0.15, -0.1) is 0 Å². The number of urea groups is 1. The summed E-state index contributed by atoms with van der Waals surface area (Å²) in [5, 5.41) is 22.2. The first-order valence-electron chi connectivity index (χ1n) is 7.74. The second-order valence-electron chi connectivity index (χ2n) is 6.17. The Balaban J connectivity index is 1.89. The summed E-state index contributed by atoms with van der Waals surface area (Å²) in [5.41, 5.74) is 3.46. The third kappa shape index (κ3) is 2.97. The van der Waals surface area contributed by atoms with E-state index in [0.717, 1.165) is 0 Å². The van der Waals surface area contributed by atoms with Crippen LogP contribution in [0.2, 0.25) is 5.02 Å². The summed E-state index contributed by atoms with van der Waals surface area (Å²) in [4.78, 5) is 25.7. The third-order valence-corrected chi connectivity index (χ3v) is 4.64. The molecule has 8 nitrogen and oxygen atoms in total. The molecule has 0 spiro atoms. The summed E-state index contributed by atoms with van der Waals surface area (Å²) in [5.74, 6) is -2.03. The molecule has 10 heteroatoms. The molecule has 0 saturated carbocycles. The molecule has 0 radical (unpaired) electrons. The van der Waals surface area contributed by atoms with Gasteiger partial charge in [0.25, 0.3) is 0 Å². The molecule has 1 unspecified atom stereocenters. The van der Waals surface area contributed by atoms with Gasteiger partial charge in [0, 0.05) is 16.8 Å². The highest BCUT2D eigenvalue weighted by Gasteiger charge is 2.51. The molecular formula is C16H17ClFN3O5. The Morgan fingerprint density at radius 2 is 1.96 bits per heavy atom. The van der Waals surface area contributed by atoms with Crippen LogP contribution < -0.4 is 11.1 Å². The summed E-state index contributed by atoms with van der Waals surface area (Å²) in [6.07, 6.45) is -4.09. The number of nitrogens with zero attached hydrogens (tertiary/aromatic N) is 1. The molecule has 2 aliphatic rings. The van der Waals surface area contributed by atoms with Gasteiger partial charge in [0.1, 0.15) is 12.2 Å². The summed E-state index contributed by atoms with van der Waals surface area (Å²) >= 11 is 5.76. The number of ketones is 1. The van der Waals surface area contributed by atoms with Crippen LogP contribution in [0.25, 0.3) is 0 Å². The van der Waals surface area contributed by atoms with Crippen LogP contribution in [0, 0.1) is 0 Å². The largest absolute Gasteiger partial charge is 0.388 e. The molecule has 0 aromatic heterocycles. The lowest BCUT2D eigenvalue weighted by Crippen LogP contribution is -2.68. The molecule has 3 rings (SSSR count). The molecule has 2 amide bonds. The number of benzene rings is 1. The van der Waals surface area contributed by atoms with Crippen LogP contribution in [-0.2, 0) is 4.74 Å². The van der Waals surface area contributed by atoms with Gasteiger partial charge in [-0.3, -0.25) is 15.4 Å². The first-order chi connectivity index (χ1) is 12.1. The van der Waals surface area contributed by atoms with E-state index in [1.54, 1.807) is 0 Å². The van der Waals surface area contributed by atoms with Gasteiger partial charge in [0.15, 0.2) is 12.1 Å². The number of rotatable bonds is 3. The lowest BCUT2D eigenvalue weighted by Gasteiger charge is -2.37. The Morgan fingerprint density at radius 3 is 2.50 bits per heavy atom. The maximum atomic E-state index is 14.7. The maximum absolute atomic E-state index is 14.7. The van der Waals surface area contributed by atoms with Crippen molar-refractivity contribution in [2.24, 2.45) is 5.73 Å². The first-order valence-corrected chi connectivity index (χ1v) is 8.12. The zero-order valence-electron chi connectivity index (χ0n) is 13.6. The predicted molar refractivity (Wildman–Crippen MR) is 88.6 cm³/mol. The van der Waals surface area contributed by atoms with Crippen LogP contribution in [0.1, 0.15) is 17.3 Å². The van der Waals surface area contributed by atoms with Crippen molar-refractivity contribution in [3.05, 3.63) is 46.9 Å². The number of carbonyl (C=O) groups excluding carboxylic acids is 2. The molecule has 0 aliphatic carbocycles. The zero-order chi connectivity index (χ0) is 19.2. The third-order valence-electron chi connectivity index (χ3n) is 4.38. The zero-order valence-corrected chi connectivity index (χ0v) is 14.4. The molecule has 0 bridgehead atoms. The number of nitrogens with one attached hydrogen (secondary N) is 1. The molecule has 1 fully saturated rings. The van der Waals surface area contributed by atoms with Crippen LogP contribution >= 0.6 is 11.6 Å². The minimum absolute atomic E-state index is 0.0513. The van der Waals surface area contributed by atoms with Crippen molar-refractivity contribution in [1.82, 2.24) is 10.2 Å². The van der Waals surface area contributed by atoms with Crippen LogP contribution in [-0.4, -0.2) is 57.1 Å². The fourth-order valence-corrected chi connectivity index (χ4v) is 2.94. The Morgan fingerprint density at radius 1 is 1.35 bits per heavy atom. The Bertz CT molecular complexity index is 774. The van der Waals surface area contributed by atoms with Crippen LogP contribution in [0.4, 0.5) is 9.18 Å². The number of halogens is 2. The van der Waals surface area contributed by atoms with Gasteiger partial charge in [-0.05, 0) is 31.2 Å². The number of aliphatic hydroxyl groups excluding tert-OH is 2. The van der Waals surface area contributed by atoms with E-state index in [4.69, 9.17) is 22.1 Å². The second-order valence-corrected chi connectivity index (χ2v) is 6.61. The Hall–Kier alpha value is -2.04. The average molecular weight is 386 g/mol. The molecule has 140 valence electrons. The van der Waals surface area contributed by atoms with Gasteiger partial charge < -0.3 is 20.3 Å². The van der Waals surface area contributed by atoms with E-state index in [-0.39, 0.29) is 5.56 Å². The van der Waals surface area contributed by atoms with E-state index in [1.807, 2.05) is 0 Å². The van der Waals surface area contributed by atoms with Crippen LogP contribution in [0.3, 0.4) is 0 Å². The quantitative estimate of drug-likeness (QED) is 0.561. The number of nitrogens with two attached hydrogens (primary N) is 1. The maximum Gasteiger partial charge on any atom is 0.325 e. The number of amides is 2. The topological polar surface area (TPSA) is 125 Å². The van der Waals surface area contributed by atoms with Crippen molar-refractivity contribution >= 4 is 23.4 Å². The van der Waals surface area contributed by atoms with Crippen LogP contribution in [0.5, 0.6) is 0 Å². The van der Waals surface area contributed by atoms with Crippen molar-refractivity contribution < 1.29 is 28.9 Å². The fraction of sp³-hybridized carbons (Fsp3) is 0.375. The van der Waals surface area contributed by atoms with Crippen molar-refractivity contribution in [2.75, 3.05) is 0 Å². The van der Waals surface area contributed by atoms with E-state index in [2.05, 4.69) is 5.32 Å². The van der Waals surface area contributed by atoms with Gasteiger partial charge in [-0.25, -0.2) is 9.18 Å². The highest BCUT2D eigenvalue weighted by Crippen LogP contribution is 2.30. The molecule has 2 heterocycles. The SMILES string of the molecule is C[C@H]1O[C@@H](N2C=C(F)C(N)(C(=O)c3ccc(Cl)cc3)NC2=O)[C@H](O)[C@@H]1O. The molecule has 1 aromatic carbocycles. The number of ether oxygens (including phenoxy) is 1. The minimum atomic E-state index is -2.41. The summed E-state index contributed by atoms with van der Waals surface area (Å²) in [6.45, 7) is 1.49.